The topological polar surface area (TPSA) is 99.5 Å². The van der Waals surface area contributed by atoms with E-state index in [1.165, 1.54) is 23.9 Å². The van der Waals surface area contributed by atoms with Crippen LogP contribution in [0.1, 0.15) is 28.6 Å². The summed E-state index contributed by atoms with van der Waals surface area (Å²) in [6.45, 7) is 4.25. The minimum atomic E-state index is -4.07. The lowest BCUT2D eigenvalue weighted by molar-refractivity contribution is 0.0971. The van der Waals surface area contributed by atoms with Crippen molar-refractivity contribution in [2.24, 2.45) is 0 Å². The van der Waals surface area contributed by atoms with Crippen molar-refractivity contribution >= 4 is 15.9 Å². The van der Waals surface area contributed by atoms with Crippen molar-refractivity contribution < 1.29 is 24.1 Å². The number of hydrogen-bond acceptors (Lipinski definition) is 6. The summed E-state index contributed by atoms with van der Waals surface area (Å²) in [5.74, 6) is 0.337. The highest BCUT2D eigenvalue weighted by Gasteiger charge is 2.24. The first-order valence-corrected chi connectivity index (χ1v) is 12.7. The van der Waals surface area contributed by atoms with E-state index in [-0.39, 0.29) is 18.6 Å². The van der Waals surface area contributed by atoms with Gasteiger partial charge in [0.05, 0.1) is 31.4 Å². The monoisotopic (exact) mass is 507 g/mol. The quantitative estimate of drug-likeness (QED) is 0.374. The molecule has 0 radical (unpaired) electrons. The molecule has 0 atom stereocenters. The van der Waals surface area contributed by atoms with Crippen LogP contribution in [0.5, 0.6) is 11.5 Å². The van der Waals surface area contributed by atoms with E-state index in [1.54, 1.807) is 49.6 Å². The number of sulfonamides is 1. The second-order valence-electron chi connectivity index (χ2n) is 8.26. The Morgan fingerprint density at radius 3 is 2.28 bits per heavy atom. The zero-order valence-electron chi connectivity index (χ0n) is 20.5. The smallest absolute Gasteiger partial charge is 0.283 e. The summed E-state index contributed by atoms with van der Waals surface area (Å²) in [6.07, 6.45) is 0. The van der Waals surface area contributed by atoms with Crippen molar-refractivity contribution in [3.05, 3.63) is 95.2 Å². The lowest BCUT2D eigenvalue weighted by atomic mass is 10.0. The molecule has 1 heterocycles. The van der Waals surface area contributed by atoms with E-state index < -0.39 is 15.9 Å². The Morgan fingerprint density at radius 1 is 0.944 bits per heavy atom. The third-order valence-electron chi connectivity index (χ3n) is 5.93. The number of ether oxygens (including phenoxy) is 2. The van der Waals surface area contributed by atoms with Crippen LogP contribution < -0.4 is 14.2 Å². The molecular weight excluding hydrogens is 478 g/mol. The number of aromatic nitrogens is 2. The summed E-state index contributed by atoms with van der Waals surface area (Å²) >= 11 is 0. The second-order valence-corrected chi connectivity index (χ2v) is 9.94. The maximum absolute atomic E-state index is 13.3. The summed E-state index contributed by atoms with van der Waals surface area (Å²) < 4.78 is 40.2. The van der Waals surface area contributed by atoms with Crippen LogP contribution in [0.15, 0.2) is 77.7 Å². The van der Waals surface area contributed by atoms with Gasteiger partial charge in [-0.25, -0.2) is 13.1 Å². The molecule has 9 heteroatoms. The normalized spacial score (nSPS) is 11.2. The van der Waals surface area contributed by atoms with Gasteiger partial charge in [0.1, 0.15) is 17.2 Å². The van der Waals surface area contributed by atoms with E-state index in [1.807, 2.05) is 32.0 Å². The molecule has 36 heavy (non-hydrogen) atoms. The molecule has 0 spiro atoms. The summed E-state index contributed by atoms with van der Waals surface area (Å²) in [6, 6.07) is 20.5. The van der Waals surface area contributed by atoms with Gasteiger partial charge in [-0.05, 0) is 60.9 Å². The molecule has 0 aliphatic carbocycles. The summed E-state index contributed by atoms with van der Waals surface area (Å²) in [4.78, 5) is 13.3. The summed E-state index contributed by atoms with van der Waals surface area (Å²) in [5, 5.41) is 4.69. The molecule has 1 amide bonds. The molecule has 1 aromatic heterocycles. The van der Waals surface area contributed by atoms with Crippen LogP contribution in [0.25, 0.3) is 11.3 Å². The predicted molar refractivity (Wildman–Crippen MR) is 139 cm³/mol. The van der Waals surface area contributed by atoms with Crippen molar-refractivity contribution in [2.75, 3.05) is 14.2 Å². The Labute approximate surface area is 212 Å². The largest absolute Gasteiger partial charge is 0.497 e. The van der Waals surface area contributed by atoms with Crippen molar-refractivity contribution in [3.8, 4) is 22.8 Å². The number of methoxy groups -OCH3 is 2. The zero-order valence-corrected chi connectivity index (χ0v) is 21.3. The summed E-state index contributed by atoms with van der Waals surface area (Å²) in [5.41, 5.74) is 4.27. The minimum Gasteiger partial charge on any atom is -0.497 e. The van der Waals surface area contributed by atoms with E-state index in [0.29, 0.717) is 22.8 Å². The van der Waals surface area contributed by atoms with Gasteiger partial charge in [-0.1, -0.05) is 36.4 Å². The van der Waals surface area contributed by atoms with Crippen LogP contribution in [0.4, 0.5) is 0 Å². The standard InChI is InChI=1S/C27H27N3O5S.H2/c1-18-9-8-10-19(2)23(18)17-30-25(27(31)29-36(32,33)21-11-6-5-7-12-21)16-24(28-30)22-14-13-20(34-3)15-26(22)35-4;/h5-16H,17H2,1-4H3,(H,29,31);1H. The lowest BCUT2D eigenvalue weighted by Gasteiger charge is -2.13. The lowest BCUT2D eigenvalue weighted by Crippen LogP contribution is -2.32. The van der Waals surface area contributed by atoms with Crippen LogP contribution in [-0.4, -0.2) is 38.3 Å². The van der Waals surface area contributed by atoms with E-state index in [2.05, 4.69) is 9.82 Å². The van der Waals surface area contributed by atoms with Gasteiger partial charge in [-0.15, -0.1) is 0 Å². The SMILES string of the molecule is COc1ccc(-c2cc(C(=O)NS(=O)(=O)c3ccccc3)n(Cc3c(C)cccc3C)n2)c(OC)c1.[HH]. The van der Waals surface area contributed by atoms with Gasteiger partial charge in [0.2, 0.25) is 0 Å². The maximum Gasteiger partial charge on any atom is 0.283 e. The van der Waals surface area contributed by atoms with Gasteiger partial charge >= 0.3 is 0 Å². The van der Waals surface area contributed by atoms with Crippen LogP contribution in [0.3, 0.4) is 0 Å². The molecule has 4 rings (SSSR count). The average Bonchev–Trinajstić information content (AvgIpc) is 3.30. The Morgan fingerprint density at radius 2 is 1.64 bits per heavy atom. The molecule has 0 saturated carbocycles. The van der Waals surface area contributed by atoms with Gasteiger partial charge in [0.15, 0.2) is 0 Å². The number of carbonyl (C=O) groups excluding carboxylic acids is 1. The van der Waals surface area contributed by atoms with Crippen LogP contribution in [-0.2, 0) is 16.6 Å². The maximum atomic E-state index is 13.3. The van der Waals surface area contributed by atoms with Crippen LogP contribution in [0, 0.1) is 13.8 Å². The Bertz CT molecular complexity index is 1500. The number of rotatable bonds is 8. The number of benzene rings is 3. The number of carbonyl (C=O) groups is 1. The molecule has 3 aromatic carbocycles. The third kappa shape index (κ3) is 5.11. The van der Waals surface area contributed by atoms with E-state index >= 15 is 0 Å². The molecule has 4 aromatic rings. The van der Waals surface area contributed by atoms with Crippen molar-refractivity contribution in [1.29, 1.82) is 0 Å². The second kappa shape index (κ2) is 10.2. The molecule has 8 nitrogen and oxygen atoms in total. The molecule has 188 valence electrons. The number of nitrogens with zero attached hydrogens (tertiary/aromatic N) is 2. The number of hydrogen-bond donors (Lipinski definition) is 1. The highest BCUT2D eigenvalue weighted by atomic mass is 32.2. The third-order valence-corrected chi connectivity index (χ3v) is 7.28. The van der Waals surface area contributed by atoms with Gasteiger partial charge < -0.3 is 9.47 Å². The molecule has 0 unspecified atom stereocenters. The predicted octanol–water partition coefficient (Wildman–Crippen LogP) is 4.60. The van der Waals surface area contributed by atoms with Gasteiger partial charge in [0.25, 0.3) is 15.9 Å². The van der Waals surface area contributed by atoms with Crippen molar-refractivity contribution in [3.63, 3.8) is 0 Å². The highest BCUT2D eigenvalue weighted by molar-refractivity contribution is 7.90. The first-order valence-electron chi connectivity index (χ1n) is 11.2. The summed E-state index contributed by atoms with van der Waals surface area (Å²) in [7, 11) is -0.980. The molecule has 0 bridgehead atoms. The fraction of sp³-hybridized carbons (Fsp3) is 0.185. The Balaban J connectivity index is 0.00000380. The Kier molecular flexibility index (Phi) is 7.12. The first kappa shape index (κ1) is 25.0. The molecule has 0 aliphatic heterocycles. The minimum absolute atomic E-state index is 0. The zero-order chi connectivity index (χ0) is 25.9. The molecule has 0 aliphatic rings. The molecule has 0 fully saturated rings. The first-order chi connectivity index (χ1) is 17.2. The van der Waals surface area contributed by atoms with Crippen molar-refractivity contribution in [1.82, 2.24) is 14.5 Å². The van der Waals surface area contributed by atoms with Crippen molar-refractivity contribution in [2.45, 2.75) is 25.3 Å². The molecular formula is C27H29N3O5S. The Hall–Kier alpha value is -4.11. The fourth-order valence-corrected chi connectivity index (χ4v) is 4.92. The fourth-order valence-electron chi connectivity index (χ4n) is 3.94. The highest BCUT2D eigenvalue weighted by Crippen LogP contribution is 2.33. The van der Waals surface area contributed by atoms with Crippen LogP contribution in [0.2, 0.25) is 0 Å². The van der Waals surface area contributed by atoms with E-state index in [0.717, 1.165) is 16.7 Å². The van der Waals surface area contributed by atoms with E-state index in [4.69, 9.17) is 9.47 Å². The number of nitrogens with one attached hydrogen (secondary N) is 1. The van der Waals surface area contributed by atoms with E-state index in [9.17, 15) is 13.2 Å². The average molecular weight is 508 g/mol. The number of amides is 1. The number of aryl methyl sites for hydroxylation is 2. The molecule has 1 N–H and O–H groups in total. The molecule has 0 saturated heterocycles. The van der Waals surface area contributed by atoms with Gasteiger partial charge in [-0.3, -0.25) is 9.48 Å². The van der Waals surface area contributed by atoms with Crippen LogP contribution >= 0.6 is 0 Å². The van der Waals surface area contributed by atoms with Gasteiger partial charge in [0, 0.05) is 13.1 Å². The van der Waals surface area contributed by atoms with Gasteiger partial charge in [-0.2, -0.15) is 5.10 Å².